The van der Waals surface area contributed by atoms with Crippen LogP contribution in [0.2, 0.25) is 0 Å². The van der Waals surface area contributed by atoms with Gasteiger partial charge in [0.15, 0.2) is 0 Å². The second-order valence-corrected chi connectivity index (χ2v) is 4.47. The molecule has 0 aliphatic heterocycles. The van der Waals surface area contributed by atoms with Crippen molar-refractivity contribution in [1.29, 1.82) is 0 Å². The fraction of sp³-hybridized carbons (Fsp3) is 0.364. The molecule has 1 N–H and O–H groups in total. The molecule has 0 aliphatic rings. The number of hydrogen-bond donors (Lipinski definition) is 1. The third kappa shape index (κ3) is 3.45. The van der Waals surface area contributed by atoms with Crippen molar-refractivity contribution in [3.8, 4) is 0 Å². The number of nitrogens with zero attached hydrogens (tertiary/aromatic N) is 3. The Morgan fingerprint density at radius 3 is 3.00 bits per heavy atom. The predicted molar refractivity (Wildman–Crippen MR) is 66.2 cm³/mol. The van der Waals surface area contributed by atoms with Gasteiger partial charge in [-0.05, 0) is 31.2 Å². The molecule has 0 aromatic carbocycles. The van der Waals surface area contributed by atoms with Crippen molar-refractivity contribution in [2.45, 2.75) is 30.5 Å². The fourth-order valence-electron chi connectivity index (χ4n) is 1.26. The van der Waals surface area contributed by atoms with Gasteiger partial charge in [-0.3, -0.25) is 0 Å². The van der Waals surface area contributed by atoms with E-state index in [1.807, 2.05) is 13.0 Å². The third-order valence-electron chi connectivity index (χ3n) is 1.97. The second kappa shape index (κ2) is 5.67. The third-order valence-corrected chi connectivity index (χ3v) is 2.76. The van der Waals surface area contributed by atoms with E-state index in [1.54, 1.807) is 12.5 Å². The first-order chi connectivity index (χ1) is 8.28. The first-order valence-corrected chi connectivity index (χ1v) is 6.26. The summed E-state index contributed by atoms with van der Waals surface area (Å²) in [7, 11) is 0. The minimum atomic E-state index is 0.588. The minimum Gasteiger partial charge on any atom is -0.440 e. The number of aromatic nitrogens is 3. The zero-order valence-electron chi connectivity index (χ0n) is 9.80. The van der Waals surface area contributed by atoms with E-state index < -0.39 is 0 Å². The largest absolute Gasteiger partial charge is 0.440 e. The summed E-state index contributed by atoms with van der Waals surface area (Å²) in [5, 5.41) is 4.59. The van der Waals surface area contributed by atoms with Crippen LogP contribution < -0.4 is 5.32 Å². The summed E-state index contributed by atoms with van der Waals surface area (Å²) in [5.74, 6) is 0.654. The number of aryl methyl sites for hydroxylation is 1. The average Bonchev–Trinajstić information content (AvgIpc) is 2.78. The van der Waals surface area contributed by atoms with E-state index in [0.717, 1.165) is 23.7 Å². The van der Waals surface area contributed by atoms with E-state index in [4.69, 9.17) is 4.42 Å². The molecule has 0 unspecified atom stereocenters. The standard InChI is InChI=1S/C11H14N4OS/c1-3-4-12-10-14-8(2)7-9(15-10)17-11-13-5-6-16-11/h5-7H,3-4H2,1-2H3,(H,12,14,15). The van der Waals surface area contributed by atoms with Crippen molar-refractivity contribution in [2.75, 3.05) is 11.9 Å². The maximum Gasteiger partial charge on any atom is 0.261 e. The number of rotatable bonds is 5. The van der Waals surface area contributed by atoms with Gasteiger partial charge in [0.2, 0.25) is 5.95 Å². The van der Waals surface area contributed by atoms with Crippen molar-refractivity contribution in [3.05, 3.63) is 24.2 Å². The Morgan fingerprint density at radius 1 is 1.41 bits per heavy atom. The van der Waals surface area contributed by atoms with Crippen LogP contribution in [0.15, 0.2) is 33.2 Å². The smallest absolute Gasteiger partial charge is 0.261 e. The predicted octanol–water partition coefficient (Wildman–Crippen LogP) is 2.75. The maximum absolute atomic E-state index is 5.17. The lowest BCUT2D eigenvalue weighted by atomic mass is 10.4. The Balaban J connectivity index is 2.13. The molecule has 0 aliphatic carbocycles. The molecular weight excluding hydrogens is 236 g/mol. The van der Waals surface area contributed by atoms with Crippen LogP contribution in [0.1, 0.15) is 19.0 Å². The molecule has 0 saturated carbocycles. The number of oxazole rings is 1. The van der Waals surface area contributed by atoms with E-state index >= 15 is 0 Å². The Bertz CT molecular complexity index is 472. The van der Waals surface area contributed by atoms with E-state index in [1.165, 1.54) is 11.8 Å². The van der Waals surface area contributed by atoms with Gasteiger partial charge in [0.25, 0.3) is 5.22 Å². The normalized spacial score (nSPS) is 10.5. The highest BCUT2D eigenvalue weighted by Gasteiger charge is 2.06. The summed E-state index contributed by atoms with van der Waals surface area (Å²) in [4.78, 5) is 12.7. The Hall–Kier alpha value is -1.56. The Morgan fingerprint density at radius 2 is 2.29 bits per heavy atom. The van der Waals surface area contributed by atoms with Crippen LogP contribution in [0, 0.1) is 6.92 Å². The molecule has 17 heavy (non-hydrogen) atoms. The molecule has 2 rings (SSSR count). The molecule has 0 bridgehead atoms. The second-order valence-electron chi connectivity index (χ2n) is 3.50. The van der Waals surface area contributed by atoms with Crippen LogP contribution in [0.3, 0.4) is 0 Å². The lowest BCUT2D eigenvalue weighted by Crippen LogP contribution is -2.05. The van der Waals surface area contributed by atoms with Crippen LogP contribution in [0.5, 0.6) is 0 Å². The van der Waals surface area contributed by atoms with E-state index in [2.05, 4.69) is 27.2 Å². The van der Waals surface area contributed by atoms with E-state index in [0.29, 0.717) is 11.2 Å². The van der Waals surface area contributed by atoms with Gasteiger partial charge in [-0.25, -0.2) is 15.0 Å². The van der Waals surface area contributed by atoms with Crippen molar-refractivity contribution in [3.63, 3.8) is 0 Å². The molecule has 90 valence electrons. The molecule has 0 amide bonds. The highest BCUT2D eigenvalue weighted by atomic mass is 32.2. The van der Waals surface area contributed by atoms with Crippen LogP contribution in [-0.2, 0) is 0 Å². The zero-order chi connectivity index (χ0) is 12.1. The van der Waals surface area contributed by atoms with Gasteiger partial charge < -0.3 is 9.73 Å². The van der Waals surface area contributed by atoms with Crippen LogP contribution in [0.4, 0.5) is 5.95 Å². The molecule has 2 heterocycles. The molecule has 0 radical (unpaired) electrons. The van der Waals surface area contributed by atoms with Crippen molar-refractivity contribution >= 4 is 17.7 Å². The van der Waals surface area contributed by atoms with E-state index in [-0.39, 0.29) is 0 Å². The highest BCUT2D eigenvalue weighted by Crippen LogP contribution is 2.25. The Kier molecular flexibility index (Phi) is 3.98. The minimum absolute atomic E-state index is 0.588. The summed E-state index contributed by atoms with van der Waals surface area (Å²) in [6.45, 7) is 4.91. The monoisotopic (exact) mass is 250 g/mol. The molecule has 0 atom stereocenters. The quantitative estimate of drug-likeness (QED) is 0.823. The van der Waals surface area contributed by atoms with Gasteiger partial charge in [0.05, 0.1) is 6.20 Å². The van der Waals surface area contributed by atoms with Gasteiger partial charge in [-0.1, -0.05) is 6.92 Å². The number of nitrogens with one attached hydrogen (secondary N) is 1. The van der Waals surface area contributed by atoms with Crippen molar-refractivity contribution < 1.29 is 4.42 Å². The van der Waals surface area contributed by atoms with Gasteiger partial charge in [-0.15, -0.1) is 0 Å². The van der Waals surface area contributed by atoms with Gasteiger partial charge >= 0.3 is 0 Å². The molecule has 2 aromatic rings. The van der Waals surface area contributed by atoms with Crippen LogP contribution in [-0.4, -0.2) is 21.5 Å². The first kappa shape index (κ1) is 11.9. The van der Waals surface area contributed by atoms with Crippen molar-refractivity contribution in [1.82, 2.24) is 15.0 Å². The van der Waals surface area contributed by atoms with Crippen molar-refractivity contribution in [2.24, 2.45) is 0 Å². The molecule has 6 heteroatoms. The molecule has 0 saturated heterocycles. The SMILES string of the molecule is CCCNc1nc(C)cc(Sc2ncco2)n1. The summed E-state index contributed by atoms with van der Waals surface area (Å²) < 4.78 is 5.17. The topological polar surface area (TPSA) is 63.8 Å². The molecule has 0 spiro atoms. The van der Waals surface area contributed by atoms with Gasteiger partial charge in [0, 0.05) is 12.2 Å². The summed E-state index contributed by atoms with van der Waals surface area (Å²) in [6.07, 6.45) is 4.21. The molecule has 5 nitrogen and oxygen atoms in total. The van der Waals surface area contributed by atoms with Gasteiger partial charge in [-0.2, -0.15) is 0 Å². The van der Waals surface area contributed by atoms with Crippen LogP contribution in [0.25, 0.3) is 0 Å². The number of anilines is 1. The van der Waals surface area contributed by atoms with E-state index in [9.17, 15) is 0 Å². The average molecular weight is 250 g/mol. The maximum atomic E-state index is 5.17. The van der Waals surface area contributed by atoms with Gasteiger partial charge in [0.1, 0.15) is 11.3 Å². The zero-order valence-corrected chi connectivity index (χ0v) is 10.6. The molecular formula is C11H14N4OS. The molecule has 2 aromatic heterocycles. The first-order valence-electron chi connectivity index (χ1n) is 5.45. The Labute approximate surface area is 104 Å². The summed E-state index contributed by atoms with van der Waals surface area (Å²) >= 11 is 1.39. The lowest BCUT2D eigenvalue weighted by Gasteiger charge is -2.05. The summed E-state index contributed by atoms with van der Waals surface area (Å²) in [6, 6.07) is 1.91. The molecule has 0 fully saturated rings. The lowest BCUT2D eigenvalue weighted by molar-refractivity contribution is 0.454. The highest BCUT2D eigenvalue weighted by molar-refractivity contribution is 7.99. The summed E-state index contributed by atoms with van der Waals surface area (Å²) in [5.41, 5.74) is 0.924. The van der Waals surface area contributed by atoms with Crippen LogP contribution >= 0.6 is 11.8 Å². The fourth-order valence-corrected chi connectivity index (χ4v) is 2.02. The number of hydrogen-bond acceptors (Lipinski definition) is 6.